The Kier molecular flexibility index (Phi) is 4.46. The zero-order valence-corrected chi connectivity index (χ0v) is 14.4. The molecule has 24 heavy (non-hydrogen) atoms. The molecule has 3 aliphatic heterocycles. The number of nitrogens with zero attached hydrogens (tertiary/aromatic N) is 2. The Morgan fingerprint density at radius 2 is 1.88 bits per heavy atom. The number of fused-ring (bicyclic) bond motifs is 5. The number of ether oxygens (including phenoxy) is 1. The summed E-state index contributed by atoms with van der Waals surface area (Å²) in [5.74, 6) is 1.16. The first-order valence-electron chi connectivity index (χ1n) is 9.11. The van der Waals surface area contributed by atoms with Crippen LogP contribution in [0, 0.1) is 11.8 Å². The highest BCUT2D eigenvalue weighted by Gasteiger charge is 2.53. The van der Waals surface area contributed by atoms with Crippen LogP contribution in [0.25, 0.3) is 0 Å². The van der Waals surface area contributed by atoms with E-state index in [0.717, 1.165) is 26.2 Å². The normalized spacial score (nSPS) is 30.8. The van der Waals surface area contributed by atoms with E-state index in [9.17, 15) is 4.79 Å². The van der Waals surface area contributed by atoms with E-state index in [-0.39, 0.29) is 6.03 Å². The first-order chi connectivity index (χ1) is 11.7. The summed E-state index contributed by atoms with van der Waals surface area (Å²) in [6, 6.07) is 10.5. The van der Waals surface area contributed by atoms with Crippen LogP contribution in [0.5, 0.6) is 0 Å². The molecule has 2 amide bonds. The highest BCUT2D eigenvalue weighted by Crippen LogP contribution is 2.47. The lowest BCUT2D eigenvalue weighted by Crippen LogP contribution is -2.42. The Morgan fingerprint density at radius 3 is 2.54 bits per heavy atom. The van der Waals surface area contributed by atoms with Gasteiger partial charge in [0.15, 0.2) is 0 Å². The van der Waals surface area contributed by atoms with E-state index in [2.05, 4.69) is 41.5 Å². The summed E-state index contributed by atoms with van der Waals surface area (Å²) in [4.78, 5) is 16.6. The topological polar surface area (TPSA) is 44.8 Å². The summed E-state index contributed by atoms with van der Waals surface area (Å²) < 4.78 is 5.97. The molecule has 0 spiro atoms. The molecule has 0 aromatic heterocycles. The van der Waals surface area contributed by atoms with E-state index < -0.39 is 0 Å². The molecule has 130 valence electrons. The molecule has 3 heterocycles. The second kappa shape index (κ2) is 6.73. The van der Waals surface area contributed by atoms with E-state index in [1.165, 1.54) is 18.4 Å². The van der Waals surface area contributed by atoms with Gasteiger partial charge in [0.2, 0.25) is 0 Å². The second-order valence-electron chi connectivity index (χ2n) is 7.48. The third kappa shape index (κ3) is 3.15. The standard InChI is InChI=1S/C19H27N3O2/c1-21(11-14-5-3-2-4-6-14)10-9-20-19(23)22-12-15-16(13-22)18-8-7-17(15)24-18/h2-6,15-18H,7-13H2,1H3,(H,20,23)/t15-,16-,17+,18+/m0/s1. The molecule has 3 fully saturated rings. The van der Waals surface area contributed by atoms with Crippen molar-refractivity contribution in [2.75, 3.05) is 33.2 Å². The van der Waals surface area contributed by atoms with Crippen LogP contribution in [-0.4, -0.2) is 61.3 Å². The van der Waals surface area contributed by atoms with Gasteiger partial charge in [-0.05, 0) is 25.5 Å². The molecule has 1 aromatic rings. The maximum Gasteiger partial charge on any atom is 0.317 e. The first-order valence-corrected chi connectivity index (χ1v) is 9.11. The number of carbonyl (C=O) groups is 1. The minimum absolute atomic E-state index is 0.0944. The third-order valence-corrected chi connectivity index (χ3v) is 5.81. The number of hydrogen-bond acceptors (Lipinski definition) is 3. The highest BCUT2D eigenvalue weighted by atomic mass is 16.5. The average Bonchev–Trinajstić information content (AvgIpc) is 3.28. The predicted octanol–water partition coefficient (Wildman–Crippen LogP) is 1.94. The predicted molar refractivity (Wildman–Crippen MR) is 92.6 cm³/mol. The molecule has 3 saturated heterocycles. The van der Waals surface area contributed by atoms with Gasteiger partial charge in [-0.2, -0.15) is 0 Å². The molecule has 0 unspecified atom stereocenters. The Hall–Kier alpha value is -1.59. The minimum Gasteiger partial charge on any atom is -0.374 e. The largest absolute Gasteiger partial charge is 0.374 e. The number of hydrogen-bond donors (Lipinski definition) is 1. The number of likely N-dealkylation sites (tertiary alicyclic amines) is 1. The van der Waals surface area contributed by atoms with Crippen molar-refractivity contribution in [3.05, 3.63) is 35.9 Å². The van der Waals surface area contributed by atoms with Crippen molar-refractivity contribution in [3.63, 3.8) is 0 Å². The smallest absolute Gasteiger partial charge is 0.317 e. The average molecular weight is 329 g/mol. The fourth-order valence-corrected chi connectivity index (χ4v) is 4.57. The molecule has 4 rings (SSSR count). The Balaban J connectivity index is 1.19. The van der Waals surface area contributed by atoms with E-state index in [1.54, 1.807) is 0 Å². The van der Waals surface area contributed by atoms with Crippen LogP contribution in [0.3, 0.4) is 0 Å². The zero-order chi connectivity index (χ0) is 16.5. The van der Waals surface area contributed by atoms with Gasteiger partial charge >= 0.3 is 6.03 Å². The molecule has 5 nitrogen and oxygen atoms in total. The third-order valence-electron chi connectivity index (χ3n) is 5.81. The summed E-state index contributed by atoms with van der Waals surface area (Å²) in [6.45, 7) is 4.20. The van der Waals surface area contributed by atoms with Crippen molar-refractivity contribution in [1.29, 1.82) is 0 Å². The van der Waals surface area contributed by atoms with Crippen molar-refractivity contribution >= 4 is 6.03 Å². The van der Waals surface area contributed by atoms with Gasteiger partial charge in [-0.15, -0.1) is 0 Å². The van der Waals surface area contributed by atoms with Gasteiger partial charge in [-0.1, -0.05) is 30.3 Å². The molecule has 4 atom stereocenters. The summed E-state index contributed by atoms with van der Waals surface area (Å²) in [7, 11) is 2.09. The maximum atomic E-state index is 12.4. The number of likely N-dealkylation sites (N-methyl/N-ethyl adjacent to an activating group) is 1. The Bertz CT molecular complexity index is 561. The molecule has 1 N–H and O–H groups in total. The molecular formula is C19H27N3O2. The lowest BCUT2D eigenvalue weighted by Gasteiger charge is -2.21. The van der Waals surface area contributed by atoms with Crippen molar-refractivity contribution in [3.8, 4) is 0 Å². The summed E-state index contributed by atoms with van der Waals surface area (Å²) >= 11 is 0. The molecule has 0 radical (unpaired) electrons. The Labute approximate surface area is 144 Å². The number of urea groups is 1. The van der Waals surface area contributed by atoms with Crippen LogP contribution in [0.15, 0.2) is 30.3 Å². The molecule has 0 saturated carbocycles. The van der Waals surface area contributed by atoms with E-state index in [4.69, 9.17) is 4.74 Å². The van der Waals surface area contributed by atoms with Gasteiger partial charge in [0, 0.05) is 44.6 Å². The molecule has 2 bridgehead atoms. The first kappa shape index (κ1) is 15.9. The molecule has 0 aliphatic carbocycles. The van der Waals surface area contributed by atoms with Gasteiger partial charge in [-0.3, -0.25) is 0 Å². The van der Waals surface area contributed by atoms with Gasteiger partial charge < -0.3 is 19.9 Å². The van der Waals surface area contributed by atoms with E-state index >= 15 is 0 Å². The fourth-order valence-electron chi connectivity index (χ4n) is 4.57. The van der Waals surface area contributed by atoms with Gasteiger partial charge in [0.1, 0.15) is 0 Å². The van der Waals surface area contributed by atoms with E-state index in [1.807, 2.05) is 11.0 Å². The molecule has 1 aromatic carbocycles. The molecule has 3 aliphatic rings. The fraction of sp³-hybridized carbons (Fsp3) is 0.632. The van der Waals surface area contributed by atoms with Crippen LogP contribution >= 0.6 is 0 Å². The van der Waals surface area contributed by atoms with Crippen LogP contribution in [0.4, 0.5) is 4.79 Å². The van der Waals surface area contributed by atoms with Crippen LogP contribution in [-0.2, 0) is 11.3 Å². The van der Waals surface area contributed by atoms with Gasteiger partial charge in [0.05, 0.1) is 12.2 Å². The van der Waals surface area contributed by atoms with Gasteiger partial charge in [0.25, 0.3) is 0 Å². The van der Waals surface area contributed by atoms with Crippen molar-refractivity contribution in [2.24, 2.45) is 11.8 Å². The van der Waals surface area contributed by atoms with Crippen molar-refractivity contribution in [1.82, 2.24) is 15.1 Å². The lowest BCUT2D eigenvalue weighted by molar-refractivity contribution is 0.0739. The lowest BCUT2D eigenvalue weighted by atomic mass is 9.82. The number of amides is 2. The minimum atomic E-state index is 0.0944. The zero-order valence-electron chi connectivity index (χ0n) is 14.4. The second-order valence-corrected chi connectivity index (χ2v) is 7.48. The summed E-state index contributed by atoms with van der Waals surface area (Å²) in [6.07, 6.45) is 3.20. The van der Waals surface area contributed by atoms with Crippen molar-refractivity contribution in [2.45, 2.75) is 31.6 Å². The number of nitrogens with one attached hydrogen (secondary N) is 1. The SMILES string of the molecule is CN(CCNC(=O)N1C[C@H]2[C@H](C1)[C@H]1CC[C@H]2O1)Cc1ccccc1. The number of carbonyl (C=O) groups excluding carboxylic acids is 1. The number of rotatable bonds is 5. The molecule has 5 heteroatoms. The number of benzene rings is 1. The highest BCUT2D eigenvalue weighted by molar-refractivity contribution is 5.74. The quantitative estimate of drug-likeness (QED) is 0.898. The summed E-state index contributed by atoms with van der Waals surface area (Å²) in [5, 5.41) is 3.09. The van der Waals surface area contributed by atoms with Crippen molar-refractivity contribution < 1.29 is 9.53 Å². The molecular weight excluding hydrogens is 302 g/mol. The maximum absolute atomic E-state index is 12.4. The van der Waals surface area contributed by atoms with Crippen LogP contribution in [0.1, 0.15) is 18.4 Å². The van der Waals surface area contributed by atoms with E-state index in [0.29, 0.717) is 30.6 Å². The summed E-state index contributed by atoms with van der Waals surface area (Å²) in [5.41, 5.74) is 1.30. The Morgan fingerprint density at radius 1 is 1.21 bits per heavy atom. The monoisotopic (exact) mass is 329 g/mol. The van der Waals surface area contributed by atoms with Gasteiger partial charge in [-0.25, -0.2) is 4.79 Å². The van der Waals surface area contributed by atoms with Crippen LogP contribution in [0.2, 0.25) is 0 Å². The van der Waals surface area contributed by atoms with Crippen LogP contribution < -0.4 is 5.32 Å².